The molecule has 0 radical (unpaired) electrons. The molecule has 2 aromatic carbocycles. The minimum Gasteiger partial charge on any atom is -0.480 e. The molecule has 0 atom stereocenters. The second kappa shape index (κ2) is 10.8. The van der Waals surface area contributed by atoms with Gasteiger partial charge < -0.3 is 4.74 Å². The van der Waals surface area contributed by atoms with E-state index in [4.69, 9.17) is 27.8 Å². The number of carbonyl (C=O) groups is 4. The summed E-state index contributed by atoms with van der Waals surface area (Å²) < 4.78 is 8.25. The highest BCUT2D eigenvalue weighted by atomic mass is 32.1. The molecule has 0 N–H and O–H groups in total. The molecule has 0 unspecified atom stereocenters. The number of rotatable bonds is 2. The minimum absolute atomic E-state index is 0.0212. The van der Waals surface area contributed by atoms with Crippen molar-refractivity contribution in [3.05, 3.63) is 107 Å². The maximum atomic E-state index is 13.2. The highest BCUT2D eigenvalue weighted by molar-refractivity contribution is 7.34. The monoisotopic (exact) mass is 748 g/mol. The molecule has 0 amide bonds. The number of thiazole rings is 2. The Morgan fingerprint density at radius 3 is 1.62 bits per heavy atom. The van der Waals surface area contributed by atoms with Crippen LogP contribution in [0.5, 0.6) is 5.75 Å². The first kappa shape index (κ1) is 31.5. The zero-order valence-electron chi connectivity index (χ0n) is 26.3. The van der Waals surface area contributed by atoms with Gasteiger partial charge in [-0.05, 0) is 38.1 Å². The van der Waals surface area contributed by atoms with E-state index in [-0.39, 0.29) is 55.9 Å². The van der Waals surface area contributed by atoms with Gasteiger partial charge in [-0.3, -0.25) is 28.9 Å². The SMILES string of the molecule is [C-]#[N+]c1cc2c(cc1[N+]#[C-])C(=O)C(=Cc1nc3sc4c(c3s1)C(C)(C)Oc1c-4sc3nc(C=C4C(=O)c5cc(C#N)c(C#N)cc5C4=O)sc13)C2=O. The number of benzene rings is 2. The van der Waals surface area contributed by atoms with E-state index < -0.39 is 28.7 Å². The van der Waals surface area contributed by atoms with E-state index in [1.807, 2.05) is 26.0 Å². The van der Waals surface area contributed by atoms with Gasteiger partial charge in [-0.15, -0.1) is 45.3 Å². The Bertz CT molecular complexity index is 2940. The summed E-state index contributed by atoms with van der Waals surface area (Å²) >= 11 is 5.50. The quantitative estimate of drug-likeness (QED) is 0.0956. The van der Waals surface area contributed by atoms with Crippen molar-refractivity contribution in [1.82, 2.24) is 9.97 Å². The Balaban J connectivity index is 1.07. The summed E-state index contributed by atoms with van der Waals surface area (Å²) in [4.78, 5) is 72.3. The molecular formula is C37H12N6O5S4. The summed E-state index contributed by atoms with van der Waals surface area (Å²) in [6, 6.07) is 8.97. The number of ether oxygens (including phenoxy) is 1. The van der Waals surface area contributed by atoms with E-state index in [0.29, 0.717) is 25.4 Å². The van der Waals surface area contributed by atoms with Gasteiger partial charge in [-0.25, -0.2) is 9.97 Å². The van der Waals surface area contributed by atoms with E-state index >= 15 is 0 Å². The van der Waals surface area contributed by atoms with Crippen LogP contribution in [0, 0.1) is 35.8 Å². The second-order valence-corrected chi connectivity index (χ2v) is 16.3. The second-order valence-electron chi connectivity index (χ2n) is 12.3. The van der Waals surface area contributed by atoms with Crippen molar-refractivity contribution in [1.29, 1.82) is 10.5 Å². The highest BCUT2D eigenvalue weighted by Crippen LogP contribution is 2.59. The van der Waals surface area contributed by atoms with Crippen LogP contribution in [0.2, 0.25) is 0 Å². The Kier molecular flexibility index (Phi) is 6.53. The van der Waals surface area contributed by atoms with Gasteiger partial charge in [-0.2, -0.15) is 10.5 Å². The predicted molar refractivity (Wildman–Crippen MR) is 196 cm³/mol. The number of hydrogen-bond donors (Lipinski definition) is 0. The van der Waals surface area contributed by atoms with Crippen LogP contribution in [0.3, 0.4) is 0 Å². The molecule has 52 heavy (non-hydrogen) atoms. The van der Waals surface area contributed by atoms with Crippen LogP contribution in [0.15, 0.2) is 35.4 Å². The van der Waals surface area contributed by atoms with Crippen molar-refractivity contribution in [2.45, 2.75) is 19.4 Å². The molecule has 3 aliphatic rings. The van der Waals surface area contributed by atoms with Crippen LogP contribution in [-0.4, -0.2) is 33.1 Å². The Labute approximate surface area is 308 Å². The van der Waals surface area contributed by atoms with E-state index in [1.54, 1.807) is 0 Å². The first-order valence-corrected chi connectivity index (χ1v) is 18.3. The summed E-state index contributed by atoms with van der Waals surface area (Å²) in [5.41, 5.74) is 0.425. The van der Waals surface area contributed by atoms with Gasteiger partial charge in [0.25, 0.3) is 0 Å². The predicted octanol–water partition coefficient (Wildman–Crippen LogP) is 9.09. The lowest BCUT2D eigenvalue weighted by Gasteiger charge is -2.31. The number of Topliss-reactive ketones (excluding diaryl/α,β-unsaturated/α-hetero) is 4. The van der Waals surface area contributed by atoms with Gasteiger partial charge >= 0.3 is 0 Å². The van der Waals surface area contributed by atoms with Crippen molar-refractivity contribution in [3.63, 3.8) is 0 Å². The molecule has 0 bridgehead atoms. The molecular weight excluding hydrogens is 737 g/mol. The molecule has 15 heteroatoms. The molecule has 0 spiro atoms. The molecule has 4 aromatic heterocycles. The summed E-state index contributed by atoms with van der Waals surface area (Å²) in [5, 5.41) is 19.7. The molecule has 9 rings (SSSR count). The first-order chi connectivity index (χ1) is 25.0. The van der Waals surface area contributed by atoms with E-state index in [1.165, 1.54) is 81.8 Å². The molecule has 2 aliphatic carbocycles. The lowest BCUT2D eigenvalue weighted by atomic mass is 9.95. The van der Waals surface area contributed by atoms with Crippen LogP contribution >= 0.6 is 45.3 Å². The Morgan fingerprint density at radius 2 is 1.13 bits per heavy atom. The minimum atomic E-state index is -0.814. The van der Waals surface area contributed by atoms with Crippen molar-refractivity contribution in [2.75, 3.05) is 0 Å². The Morgan fingerprint density at radius 1 is 0.692 bits per heavy atom. The van der Waals surface area contributed by atoms with Gasteiger partial charge in [0.05, 0.1) is 49.9 Å². The number of nitrogens with zero attached hydrogens (tertiary/aromatic N) is 6. The van der Waals surface area contributed by atoms with Gasteiger partial charge in [0.1, 0.15) is 42.1 Å². The number of allylic oxidation sites excluding steroid dienone is 2. The van der Waals surface area contributed by atoms with Gasteiger partial charge in [0.2, 0.25) is 0 Å². The van der Waals surface area contributed by atoms with Crippen LogP contribution < -0.4 is 4.74 Å². The summed E-state index contributed by atoms with van der Waals surface area (Å²) in [6.45, 7) is 18.5. The van der Waals surface area contributed by atoms with E-state index in [9.17, 15) is 29.7 Å². The average Bonchev–Trinajstić information content (AvgIpc) is 3.95. The fourth-order valence-corrected chi connectivity index (χ4v) is 11.7. The number of fused-ring (bicyclic) bond motifs is 9. The van der Waals surface area contributed by atoms with Crippen LogP contribution in [0.1, 0.15) is 82.0 Å². The molecule has 0 saturated carbocycles. The zero-order valence-corrected chi connectivity index (χ0v) is 29.6. The maximum Gasteiger partial charge on any atom is 0.197 e. The third kappa shape index (κ3) is 4.23. The third-order valence-electron chi connectivity index (χ3n) is 8.90. The van der Waals surface area contributed by atoms with Crippen LogP contribution in [0.25, 0.3) is 50.7 Å². The molecule has 6 aromatic rings. The number of carbonyl (C=O) groups excluding carboxylic acids is 4. The maximum absolute atomic E-state index is 13.2. The number of hydrogen-bond acceptors (Lipinski definition) is 13. The van der Waals surface area contributed by atoms with Crippen molar-refractivity contribution in [3.8, 4) is 27.6 Å². The topological polar surface area (TPSA) is 160 Å². The Hall–Kier alpha value is -6.46. The average molecular weight is 749 g/mol. The third-order valence-corrected chi connectivity index (χ3v) is 13.5. The largest absolute Gasteiger partial charge is 0.480 e. The number of nitriles is 2. The fraction of sp³-hybridized carbons (Fsp3) is 0.0811. The molecule has 0 fully saturated rings. The van der Waals surface area contributed by atoms with Gasteiger partial charge in [0.15, 0.2) is 40.3 Å². The molecule has 1 aliphatic heterocycles. The molecule has 11 nitrogen and oxygen atoms in total. The number of thiophene rings is 2. The molecule has 5 heterocycles. The fourth-order valence-electron chi connectivity index (χ4n) is 6.55. The summed E-state index contributed by atoms with van der Waals surface area (Å²) in [5.74, 6) is -1.44. The standard InChI is InChI=1S/C37H12N6O5S4/c1-37(2)25-31(51-35-32(25)49-23(42-35)9-20-28(46)17-7-21(40-3)22(41-4)8-18(17)29(20)47)33-30(48-37)34-36(52-33)43-24(50-34)10-19-26(44)15-5-13(11-38)14(12-39)6-16(15)27(19)45/h5-10H,1-2H3. The summed E-state index contributed by atoms with van der Waals surface area (Å²) in [7, 11) is 0. The van der Waals surface area contributed by atoms with Gasteiger partial charge in [0, 0.05) is 27.8 Å². The van der Waals surface area contributed by atoms with Crippen molar-refractivity contribution < 1.29 is 23.9 Å². The van der Waals surface area contributed by atoms with Crippen molar-refractivity contribution >= 4 is 111 Å². The molecule has 0 saturated heterocycles. The lowest BCUT2D eigenvalue weighted by molar-refractivity contribution is 0.0975. The normalized spacial score (nSPS) is 15.0. The van der Waals surface area contributed by atoms with Crippen molar-refractivity contribution in [2.24, 2.45) is 0 Å². The summed E-state index contributed by atoms with van der Waals surface area (Å²) in [6.07, 6.45) is 2.91. The van der Waals surface area contributed by atoms with Gasteiger partial charge in [-0.1, -0.05) is 12.1 Å². The first-order valence-electron chi connectivity index (χ1n) is 15.1. The van der Waals surface area contributed by atoms with Crippen LogP contribution in [-0.2, 0) is 5.60 Å². The van der Waals surface area contributed by atoms with E-state index in [2.05, 4.69) is 9.69 Å². The highest BCUT2D eigenvalue weighted by Gasteiger charge is 2.41. The van der Waals surface area contributed by atoms with E-state index in [0.717, 1.165) is 24.7 Å². The lowest BCUT2D eigenvalue weighted by Crippen LogP contribution is -2.27. The number of aromatic nitrogens is 2. The molecule has 244 valence electrons. The zero-order chi connectivity index (χ0) is 36.4. The number of ketones is 4. The smallest absolute Gasteiger partial charge is 0.197 e. The van der Waals surface area contributed by atoms with Crippen LogP contribution in [0.4, 0.5) is 11.4 Å².